The Morgan fingerprint density at radius 1 is 1.22 bits per heavy atom. The molecule has 1 heterocycles. The first-order valence-electron chi connectivity index (χ1n) is 7.06. The molecule has 1 atom stereocenters. The van der Waals surface area contributed by atoms with Crippen LogP contribution in [-0.4, -0.2) is 29.2 Å². The highest BCUT2D eigenvalue weighted by Gasteiger charge is 2.16. The summed E-state index contributed by atoms with van der Waals surface area (Å²) < 4.78 is 5.27. The van der Waals surface area contributed by atoms with E-state index in [4.69, 9.17) is 16.3 Å². The number of fused-ring (bicyclic) bond motifs is 2. The van der Waals surface area contributed by atoms with E-state index in [2.05, 4.69) is 10.3 Å². The van der Waals surface area contributed by atoms with Gasteiger partial charge in [-0.15, -0.1) is 0 Å². The molecule has 118 valence electrons. The molecule has 3 aromatic rings. The number of halogens is 1. The van der Waals surface area contributed by atoms with Crippen LogP contribution >= 0.6 is 11.6 Å². The Bertz CT molecular complexity index is 911. The maximum atomic E-state index is 11.2. The van der Waals surface area contributed by atoms with Gasteiger partial charge in [0.1, 0.15) is 11.8 Å². The predicted octanol–water partition coefficient (Wildman–Crippen LogP) is 3.94. The van der Waals surface area contributed by atoms with Gasteiger partial charge in [0.05, 0.1) is 23.8 Å². The van der Waals surface area contributed by atoms with Gasteiger partial charge in [-0.1, -0.05) is 11.6 Å². The third-order valence-electron chi connectivity index (χ3n) is 3.67. The minimum atomic E-state index is -0.931. The molecule has 0 spiro atoms. The maximum absolute atomic E-state index is 11.2. The number of rotatable bonds is 4. The first kappa shape index (κ1) is 15.4. The molecule has 0 radical (unpaired) electrons. The molecule has 0 aliphatic carbocycles. The molecule has 0 aliphatic heterocycles. The van der Waals surface area contributed by atoms with Gasteiger partial charge in [0.15, 0.2) is 0 Å². The number of carboxylic acids is 1. The number of benzene rings is 2. The van der Waals surface area contributed by atoms with Gasteiger partial charge in [0, 0.05) is 15.8 Å². The number of carboxylic acid groups (broad SMARTS) is 1. The molecule has 0 saturated carbocycles. The van der Waals surface area contributed by atoms with Crippen LogP contribution in [0, 0.1) is 0 Å². The second-order valence-electron chi connectivity index (χ2n) is 5.24. The van der Waals surface area contributed by atoms with E-state index in [0.717, 1.165) is 16.3 Å². The molecule has 0 amide bonds. The molecular formula is C17H15ClN2O3. The number of methoxy groups -OCH3 is 1. The molecule has 0 aliphatic rings. The zero-order chi connectivity index (χ0) is 16.6. The summed E-state index contributed by atoms with van der Waals surface area (Å²) in [5.41, 5.74) is 2.14. The van der Waals surface area contributed by atoms with Crippen molar-refractivity contribution in [3.63, 3.8) is 0 Å². The number of hydrogen-bond acceptors (Lipinski definition) is 4. The molecule has 23 heavy (non-hydrogen) atoms. The van der Waals surface area contributed by atoms with Crippen LogP contribution in [0.2, 0.25) is 5.02 Å². The molecular weight excluding hydrogens is 316 g/mol. The zero-order valence-electron chi connectivity index (χ0n) is 12.6. The summed E-state index contributed by atoms with van der Waals surface area (Å²) in [6.45, 7) is 1.59. The number of anilines is 1. The van der Waals surface area contributed by atoms with Gasteiger partial charge in [-0.3, -0.25) is 4.79 Å². The van der Waals surface area contributed by atoms with Gasteiger partial charge in [0.25, 0.3) is 0 Å². The van der Waals surface area contributed by atoms with Gasteiger partial charge in [-0.05, 0) is 43.3 Å². The number of hydrogen-bond donors (Lipinski definition) is 2. The van der Waals surface area contributed by atoms with E-state index >= 15 is 0 Å². The van der Waals surface area contributed by atoms with Crippen LogP contribution in [0.5, 0.6) is 5.75 Å². The number of nitrogens with zero attached hydrogens (tertiary/aromatic N) is 1. The molecule has 0 fully saturated rings. The van der Waals surface area contributed by atoms with Crippen molar-refractivity contribution < 1.29 is 14.6 Å². The first-order chi connectivity index (χ1) is 11.0. The lowest BCUT2D eigenvalue weighted by Crippen LogP contribution is -2.25. The van der Waals surface area contributed by atoms with Gasteiger partial charge >= 0.3 is 5.97 Å². The Morgan fingerprint density at radius 2 is 2.00 bits per heavy atom. The van der Waals surface area contributed by atoms with Crippen molar-refractivity contribution in [2.24, 2.45) is 0 Å². The van der Waals surface area contributed by atoms with E-state index in [0.29, 0.717) is 22.0 Å². The topological polar surface area (TPSA) is 71.5 Å². The number of carbonyl (C=O) groups is 1. The molecule has 5 nitrogen and oxygen atoms in total. The second kappa shape index (κ2) is 5.93. The van der Waals surface area contributed by atoms with Crippen molar-refractivity contribution in [2.75, 3.05) is 12.4 Å². The molecule has 0 saturated heterocycles. The standard InChI is InChI=1S/C17H15ClN2O3/c1-9(17(21)22)19-16-12-5-3-10(18)7-15(12)20-14-6-4-11(23-2)8-13(14)16/h3-9H,1-2H3,(H,19,20)(H,21,22)/t9-/m0/s1. The molecule has 0 unspecified atom stereocenters. The number of pyridine rings is 1. The summed E-state index contributed by atoms with van der Waals surface area (Å²) in [7, 11) is 1.59. The number of nitrogens with one attached hydrogen (secondary N) is 1. The molecule has 2 N–H and O–H groups in total. The highest BCUT2D eigenvalue weighted by atomic mass is 35.5. The molecule has 6 heteroatoms. The minimum Gasteiger partial charge on any atom is -0.497 e. The SMILES string of the molecule is COc1ccc2nc3cc(Cl)ccc3c(N[C@@H](C)C(=O)O)c2c1. The van der Waals surface area contributed by atoms with E-state index in [-0.39, 0.29) is 0 Å². The Labute approximate surface area is 137 Å². The number of aromatic nitrogens is 1. The van der Waals surface area contributed by atoms with Gasteiger partial charge < -0.3 is 15.2 Å². The van der Waals surface area contributed by atoms with Crippen LogP contribution in [0.3, 0.4) is 0 Å². The fraction of sp³-hybridized carbons (Fsp3) is 0.176. The minimum absolute atomic E-state index is 0.579. The summed E-state index contributed by atoms with van der Waals surface area (Å²) >= 11 is 6.05. The van der Waals surface area contributed by atoms with Crippen LogP contribution in [-0.2, 0) is 4.79 Å². The van der Waals surface area contributed by atoms with Crippen molar-refractivity contribution in [1.82, 2.24) is 4.98 Å². The third kappa shape index (κ3) is 2.87. The number of ether oxygens (including phenoxy) is 1. The average molecular weight is 331 g/mol. The van der Waals surface area contributed by atoms with Crippen molar-refractivity contribution >= 4 is 45.1 Å². The highest BCUT2D eigenvalue weighted by molar-refractivity contribution is 6.31. The summed E-state index contributed by atoms with van der Waals surface area (Å²) in [5.74, 6) is -0.251. The third-order valence-corrected chi connectivity index (χ3v) is 3.91. The molecule has 3 rings (SSSR count). The average Bonchev–Trinajstić information content (AvgIpc) is 2.53. The van der Waals surface area contributed by atoms with E-state index in [1.807, 2.05) is 24.3 Å². The largest absolute Gasteiger partial charge is 0.497 e. The molecule has 1 aromatic heterocycles. The lowest BCUT2D eigenvalue weighted by atomic mass is 10.1. The predicted molar refractivity (Wildman–Crippen MR) is 91.5 cm³/mol. The summed E-state index contributed by atoms with van der Waals surface area (Å²) in [5, 5.41) is 14.5. The van der Waals surface area contributed by atoms with E-state index in [9.17, 15) is 9.90 Å². The molecule has 0 bridgehead atoms. The normalized spacial score (nSPS) is 12.3. The van der Waals surface area contributed by atoms with Gasteiger partial charge in [-0.2, -0.15) is 0 Å². The Morgan fingerprint density at radius 3 is 2.70 bits per heavy atom. The fourth-order valence-corrected chi connectivity index (χ4v) is 2.62. The van der Waals surface area contributed by atoms with Crippen LogP contribution in [0.15, 0.2) is 36.4 Å². The lowest BCUT2D eigenvalue weighted by Gasteiger charge is -2.16. The van der Waals surface area contributed by atoms with Crippen LogP contribution in [0.25, 0.3) is 21.8 Å². The van der Waals surface area contributed by atoms with Crippen molar-refractivity contribution in [1.29, 1.82) is 0 Å². The monoisotopic (exact) mass is 330 g/mol. The van der Waals surface area contributed by atoms with Crippen molar-refractivity contribution in [3.8, 4) is 5.75 Å². The molecule has 2 aromatic carbocycles. The Balaban J connectivity index is 2.33. The van der Waals surface area contributed by atoms with Crippen LogP contribution < -0.4 is 10.1 Å². The van der Waals surface area contributed by atoms with Crippen molar-refractivity contribution in [3.05, 3.63) is 41.4 Å². The first-order valence-corrected chi connectivity index (χ1v) is 7.44. The van der Waals surface area contributed by atoms with Crippen LogP contribution in [0.4, 0.5) is 5.69 Å². The summed E-state index contributed by atoms with van der Waals surface area (Å²) in [6.07, 6.45) is 0. The van der Waals surface area contributed by atoms with Crippen molar-refractivity contribution in [2.45, 2.75) is 13.0 Å². The quantitative estimate of drug-likeness (QED) is 0.709. The van der Waals surface area contributed by atoms with Gasteiger partial charge in [-0.25, -0.2) is 4.98 Å². The lowest BCUT2D eigenvalue weighted by molar-refractivity contribution is -0.137. The fourth-order valence-electron chi connectivity index (χ4n) is 2.46. The van der Waals surface area contributed by atoms with Crippen LogP contribution in [0.1, 0.15) is 6.92 Å². The summed E-state index contributed by atoms with van der Waals surface area (Å²) in [4.78, 5) is 15.8. The van der Waals surface area contributed by atoms with Gasteiger partial charge in [0.2, 0.25) is 0 Å². The zero-order valence-corrected chi connectivity index (χ0v) is 13.4. The Kier molecular flexibility index (Phi) is 3.96. The van der Waals surface area contributed by atoms with E-state index in [1.165, 1.54) is 0 Å². The van der Waals surface area contributed by atoms with E-state index < -0.39 is 12.0 Å². The maximum Gasteiger partial charge on any atom is 0.325 e. The Hall–Kier alpha value is -2.53. The van der Waals surface area contributed by atoms with E-state index in [1.54, 1.807) is 26.2 Å². The summed E-state index contributed by atoms with van der Waals surface area (Å²) in [6, 6.07) is 10.1. The smallest absolute Gasteiger partial charge is 0.325 e. The number of aliphatic carboxylic acids is 1. The second-order valence-corrected chi connectivity index (χ2v) is 5.67. The highest BCUT2D eigenvalue weighted by Crippen LogP contribution is 2.34.